The summed E-state index contributed by atoms with van der Waals surface area (Å²) in [5.41, 5.74) is 0. The van der Waals surface area contributed by atoms with Crippen LogP contribution in [0.3, 0.4) is 0 Å². The van der Waals surface area contributed by atoms with Gasteiger partial charge in [0.2, 0.25) is 0 Å². The van der Waals surface area contributed by atoms with E-state index in [0.29, 0.717) is 0 Å². The molecule has 0 aromatic heterocycles. The van der Waals surface area contributed by atoms with Crippen molar-refractivity contribution in [3.63, 3.8) is 0 Å². The van der Waals surface area contributed by atoms with Crippen LogP contribution in [-0.4, -0.2) is 35.7 Å². The Morgan fingerprint density at radius 3 is 1.00 bits per heavy atom. The number of hydrogen-bond acceptors (Lipinski definition) is 1. The highest BCUT2D eigenvalue weighted by Crippen LogP contribution is 2.13. The van der Waals surface area contributed by atoms with E-state index in [1.807, 2.05) is 7.05 Å². The number of rotatable bonds is 18. The maximum Gasteiger partial charge on any atom is 0.0781 e. The van der Waals surface area contributed by atoms with E-state index in [9.17, 15) is 5.21 Å². The lowest BCUT2D eigenvalue weighted by Crippen LogP contribution is -2.39. The molecule has 156 valence electrons. The van der Waals surface area contributed by atoms with Crippen LogP contribution in [0.25, 0.3) is 0 Å². The maximum absolute atomic E-state index is 12.4. The van der Waals surface area contributed by atoms with Crippen LogP contribution in [0.5, 0.6) is 0 Å². The van der Waals surface area contributed by atoms with Gasteiger partial charge in [0.05, 0.1) is 20.1 Å². The highest BCUT2D eigenvalue weighted by Gasteiger charge is 2.09. The second kappa shape index (κ2) is 21.9. The van der Waals surface area contributed by atoms with E-state index >= 15 is 0 Å². The standard InChI is InChI=1S/C21H45NO.2H2O/c1-4-6-8-10-12-14-16-18-20-22(3,23)21-19-17-15-13-11-9-7-5-2;;/h4-21H2,1-3H3;2*1H2. The van der Waals surface area contributed by atoms with Crippen molar-refractivity contribution in [3.05, 3.63) is 5.21 Å². The SMILES string of the molecule is CCCCCCCCCC[N+](C)([O-])CCCCCCCCCC.O.O. The highest BCUT2D eigenvalue weighted by molar-refractivity contribution is 4.49. The molecule has 0 aliphatic carbocycles. The Morgan fingerprint density at radius 2 is 0.720 bits per heavy atom. The fourth-order valence-corrected chi connectivity index (χ4v) is 3.27. The highest BCUT2D eigenvalue weighted by atomic mass is 16.5. The number of hydroxylamine groups is 3. The van der Waals surface area contributed by atoms with Crippen molar-refractivity contribution in [3.8, 4) is 0 Å². The van der Waals surface area contributed by atoms with Gasteiger partial charge in [-0.3, -0.25) is 0 Å². The molecule has 0 rings (SSSR count). The van der Waals surface area contributed by atoms with Crippen LogP contribution in [0.2, 0.25) is 0 Å². The molecule has 0 aromatic rings. The summed E-state index contributed by atoms with van der Waals surface area (Å²) in [6.07, 6.45) is 21.1. The molecule has 0 aromatic carbocycles. The van der Waals surface area contributed by atoms with Gasteiger partial charge in [0.1, 0.15) is 0 Å². The number of hydrogen-bond donors (Lipinski definition) is 0. The molecule has 0 unspecified atom stereocenters. The van der Waals surface area contributed by atoms with Gasteiger partial charge in [-0.1, -0.05) is 90.9 Å². The van der Waals surface area contributed by atoms with Crippen LogP contribution in [-0.2, 0) is 0 Å². The van der Waals surface area contributed by atoms with Gasteiger partial charge in [-0.25, -0.2) is 0 Å². The van der Waals surface area contributed by atoms with Crippen molar-refractivity contribution in [2.45, 2.75) is 117 Å². The van der Waals surface area contributed by atoms with E-state index in [2.05, 4.69) is 13.8 Å². The van der Waals surface area contributed by atoms with E-state index in [1.54, 1.807) is 0 Å². The van der Waals surface area contributed by atoms with Gasteiger partial charge in [-0.05, 0) is 25.7 Å². The Bertz CT molecular complexity index is 213. The molecule has 0 amide bonds. The van der Waals surface area contributed by atoms with Crippen LogP contribution < -0.4 is 0 Å². The lowest BCUT2D eigenvalue weighted by Gasteiger charge is -2.39. The van der Waals surface area contributed by atoms with Gasteiger partial charge in [0.25, 0.3) is 0 Å². The lowest BCUT2D eigenvalue weighted by molar-refractivity contribution is -0.861. The molecule has 0 saturated heterocycles. The quantitative estimate of drug-likeness (QED) is 0.178. The third-order valence-corrected chi connectivity index (χ3v) is 4.97. The Hall–Kier alpha value is -0.160. The molecule has 25 heavy (non-hydrogen) atoms. The third-order valence-electron chi connectivity index (χ3n) is 4.97. The monoisotopic (exact) mass is 363 g/mol. The van der Waals surface area contributed by atoms with Crippen LogP contribution in [0.4, 0.5) is 0 Å². The Labute approximate surface area is 158 Å². The van der Waals surface area contributed by atoms with Crippen LogP contribution in [0.1, 0.15) is 117 Å². The van der Waals surface area contributed by atoms with Gasteiger partial charge in [0.15, 0.2) is 0 Å². The molecule has 0 bridgehead atoms. The molecule has 0 saturated carbocycles. The summed E-state index contributed by atoms with van der Waals surface area (Å²) in [7, 11) is 1.88. The van der Waals surface area contributed by atoms with Crippen molar-refractivity contribution < 1.29 is 15.6 Å². The van der Waals surface area contributed by atoms with E-state index < -0.39 is 0 Å². The van der Waals surface area contributed by atoms with Crippen LogP contribution in [0.15, 0.2) is 0 Å². The van der Waals surface area contributed by atoms with Crippen molar-refractivity contribution in [1.29, 1.82) is 0 Å². The zero-order valence-electron chi connectivity index (χ0n) is 17.6. The molecule has 4 nitrogen and oxygen atoms in total. The van der Waals surface area contributed by atoms with Gasteiger partial charge in [0, 0.05) is 0 Å². The van der Waals surface area contributed by atoms with Gasteiger partial charge >= 0.3 is 0 Å². The van der Waals surface area contributed by atoms with Gasteiger partial charge in [-0.15, -0.1) is 0 Å². The first-order valence-electron chi connectivity index (χ1n) is 10.7. The Morgan fingerprint density at radius 1 is 0.480 bits per heavy atom. The van der Waals surface area contributed by atoms with E-state index in [-0.39, 0.29) is 15.6 Å². The minimum absolute atomic E-state index is 0. The predicted molar refractivity (Wildman–Crippen MR) is 112 cm³/mol. The molecule has 0 fully saturated rings. The van der Waals surface area contributed by atoms with E-state index in [4.69, 9.17) is 0 Å². The second-order valence-corrected chi connectivity index (χ2v) is 7.69. The molecule has 0 heterocycles. The maximum atomic E-state index is 12.4. The number of unbranched alkanes of at least 4 members (excludes halogenated alkanes) is 14. The normalized spacial score (nSPS) is 11.0. The molecule has 4 heteroatoms. The molecule has 0 aliphatic heterocycles. The van der Waals surface area contributed by atoms with Gasteiger partial charge in [-0.2, -0.15) is 0 Å². The molecule has 4 N–H and O–H groups in total. The average Bonchev–Trinajstić information content (AvgIpc) is 2.52. The lowest BCUT2D eigenvalue weighted by atomic mass is 10.1. The summed E-state index contributed by atoms with van der Waals surface area (Å²) < 4.78 is -0.00826. The summed E-state index contributed by atoms with van der Waals surface area (Å²) in [6, 6.07) is 0. The second-order valence-electron chi connectivity index (χ2n) is 7.69. The van der Waals surface area contributed by atoms with Crippen molar-refractivity contribution >= 4 is 0 Å². The van der Waals surface area contributed by atoms with E-state index in [0.717, 1.165) is 25.9 Å². The fourth-order valence-electron chi connectivity index (χ4n) is 3.27. The van der Waals surface area contributed by atoms with Crippen molar-refractivity contribution in [2.24, 2.45) is 0 Å². The predicted octanol–water partition coefficient (Wildman–Crippen LogP) is 5.56. The molecule has 0 radical (unpaired) electrons. The fraction of sp³-hybridized carbons (Fsp3) is 1.00. The Balaban J connectivity index is -0.00000242. The largest absolute Gasteiger partial charge is 0.633 e. The zero-order valence-corrected chi connectivity index (χ0v) is 17.6. The van der Waals surface area contributed by atoms with E-state index in [1.165, 1.54) is 89.9 Å². The van der Waals surface area contributed by atoms with Crippen LogP contribution in [0, 0.1) is 5.21 Å². The third kappa shape index (κ3) is 23.8. The number of nitrogens with zero attached hydrogens (tertiary/aromatic N) is 1. The molecular weight excluding hydrogens is 314 g/mol. The first kappa shape index (κ1) is 29.6. The van der Waals surface area contributed by atoms with Gasteiger partial charge < -0.3 is 20.8 Å². The smallest absolute Gasteiger partial charge is 0.0781 e. The summed E-state index contributed by atoms with van der Waals surface area (Å²) >= 11 is 0. The molecule has 0 aliphatic rings. The summed E-state index contributed by atoms with van der Waals surface area (Å²) in [6.45, 7) is 6.18. The average molecular weight is 364 g/mol. The van der Waals surface area contributed by atoms with Crippen molar-refractivity contribution in [2.75, 3.05) is 20.1 Å². The molecule has 0 atom stereocenters. The summed E-state index contributed by atoms with van der Waals surface area (Å²) in [4.78, 5) is 0. The zero-order chi connectivity index (χ0) is 17.2. The molecule has 0 spiro atoms. The summed E-state index contributed by atoms with van der Waals surface area (Å²) in [5, 5.41) is 12.4. The minimum Gasteiger partial charge on any atom is -0.633 e. The summed E-state index contributed by atoms with van der Waals surface area (Å²) in [5.74, 6) is 0. The molecular formula is C21H49NO3. The number of quaternary nitrogens is 1. The topological polar surface area (TPSA) is 86.1 Å². The Kier molecular flexibility index (Phi) is 25.9. The van der Waals surface area contributed by atoms with Crippen LogP contribution >= 0.6 is 0 Å². The van der Waals surface area contributed by atoms with Crippen molar-refractivity contribution in [1.82, 2.24) is 0 Å². The first-order chi connectivity index (χ1) is 11.1. The first-order valence-corrected chi connectivity index (χ1v) is 10.7. The minimum atomic E-state index is -0.00826.